The van der Waals surface area contributed by atoms with E-state index in [9.17, 15) is 13.6 Å². The summed E-state index contributed by atoms with van der Waals surface area (Å²) in [6, 6.07) is 12.8. The molecule has 1 spiro atoms. The fourth-order valence-electron chi connectivity index (χ4n) is 8.95. The number of piperidine rings is 1. The van der Waals surface area contributed by atoms with Gasteiger partial charge in [-0.15, -0.1) is 6.42 Å². The average Bonchev–Trinajstić information content (AvgIpc) is 3.71. The molecule has 10 nitrogen and oxygen atoms in total. The van der Waals surface area contributed by atoms with E-state index in [1.165, 1.54) is 17.3 Å². The molecule has 2 aromatic carbocycles. The highest BCUT2D eigenvalue weighted by atomic mass is 19.1. The van der Waals surface area contributed by atoms with Gasteiger partial charge in [0.25, 0.3) is 5.91 Å². The largest absolute Gasteiger partial charge is 0.461 e. The van der Waals surface area contributed by atoms with Crippen LogP contribution in [0.5, 0.6) is 6.01 Å². The van der Waals surface area contributed by atoms with Crippen molar-refractivity contribution in [2.24, 2.45) is 5.41 Å². The number of amides is 1. The van der Waals surface area contributed by atoms with Crippen molar-refractivity contribution in [1.29, 1.82) is 0 Å². The highest BCUT2D eigenvalue weighted by Gasteiger charge is 2.50. The van der Waals surface area contributed by atoms with E-state index in [1.807, 2.05) is 30.3 Å². The molecule has 4 fully saturated rings. The van der Waals surface area contributed by atoms with Gasteiger partial charge < -0.3 is 14.5 Å². The number of likely N-dealkylation sites (tertiary alicyclic amines) is 1. The third-order valence-corrected chi connectivity index (χ3v) is 11.7. The fourth-order valence-corrected chi connectivity index (χ4v) is 8.95. The number of pyridine rings is 1. The number of anilines is 1. The van der Waals surface area contributed by atoms with Crippen molar-refractivity contribution in [1.82, 2.24) is 34.7 Å². The van der Waals surface area contributed by atoms with Crippen LogP contribution in [0.2, 0.25) is 0 Å². The number of hydrogen-bond acceptors (Lipinski definition) is 9. The van der Waals surface area contributed by atoms with E-state index < -0.39 is 29.3 Å². The summed E-state index contributed by atoms with van der Waals surface area (Å²) in [6.07, 6.45) is 14.1. The second-order valence-electron chi connectivity index (χ2n) is 15.0. The standard InChI is InChI=1S/C41H37F3N8O2/c1-2-26-7-3-8-27-9-4-10-29(33(26)27)35-34(44)36-30(21-47-35)37(49-39(48-36)54-25-41-11-5-16-52(41)22-28(42)20-41)50-17-12-40(13-18-50)23-51(24-40)38(53)31(43)19-32-45-14-6-15-46-32/h1,3-4,6-10,14-15,19,21,28H,5,11-13,16-18,20,22-25H2/b31-19-/t28-,41+/m1/s1. The average molecular weight is 731 g/mol. The van der Waals surface area contributed by atoms with Gasteiger partial charge in [-0.05, 0) is 49.7 Å². The SMILES string of the molecule is C#Cc1cccc2cccc(-c3ncc4c(N5CCC6(CC5)CN(C(=O)/C(F)=C/c5ncccn5)C6)nc(OC[C@@]56CCCN5C[C@H](F)C6)nc4c3F)c12. The first kappa shape index (κ1) is 34.2. The van der Waals surface area contributed by atoms with Crippen LogP contribution in [0.3, 0.4) is 0 Å². The Hall–Kier alpha value is -5.61. The molecule has 2 atom stereocenters. The van der Waals surface area contributed by atoms with Crippen molar-refractivity contribution in [2.75, 3.05) is 50.8 Å². The van der Waals surface area contributed by atoms with Crippen molar-refractivity contribution in [3.05, 3.63) is 84.1 Å². The number of carbonyl (C=O) groups excluding carboxylic acids is 1. The van der Waals surface area contributed by atoms with Gasteiger partial charge in [-0.2, -0.15) is 9.97 Å². The molecule has 1 amide bonds. The molecular weight excluding hydrogens is 693 g/mol. The van der Waals surface area contributed by atoms with Crippen molar-refractivity contribution in [2.45, 2.75) is 43.8 Å². The maximum Gasteiger partial charge on any atom is 0.319 e. The molecule has 4 aliphatic heterocycles. The molecule has 3 aromatic heterocycles. The minimum Gasteiger partial charge on any atom is -0.461 e. The normalized spacial score (nSPS) is 22.4. The molecule has 0 saturated carbocycles. The molecule has 54 heavy (non-hydrogen) atoms. The Morgan fingerprint density at radius 1 is 1.02 bits per heavy atom. The zero-order valence-corrected chi connectivity index (χ0v) is 29.5. The van der Waals surface area contributed by atoms with Gasteiger partial charge >= 0.3 is 6.01 Å². The van der Waals surface area contributed by atoms with E-state index in [1.54, 1.807) is 18.3 Å². The molecule has 0 bridgehead atoms. The molecule has 0 N–H and O–H groups in total. The summed E-state index contributed by atoms with van der Waals surface area (Å²) in [4.78, 5) is 40.7. The van der Waals surface area contributed by atoms with Gasteiger partial charge in [-0.25, -0.2) is 23.1 Å². The lowest BCUT2D eigenvalue weighted by Crippen LogP contribution is -2.62. The summed E-state index contributed by atoms with van der Waals surface area (Å²) in [5.41, 5.74) is 0.740. The van der Waals surface area contributed by atoms with Gasteiger partial charge in [0.2, 0.25) is 0 Å². The number of alkyl halides is 1. The first-order valence-corrected chi connectivity index (χ1v) is 18.3. The minimum absolute atomic E-state index is 0.0182. The number of carbonyl (C=O) groups is 1. The van der Waals surface area contributed by atoms with E-state index in [0.717, 1.165) is 36.2 Å². The van der Waals surface area contributed by atoms with Gasteiger partial charge in [0.1, 0.15) is 29.8 Å². The summed E-state index contributed by atoms with van der Waals surface area (Å²) in [5.74, 6) is 1.14. The van der Waals surface area contributed by atoms with Crippen LogP contribution in [-0.2, 0) is 4.79 Å². The summed E-state index contributed by atoms with van der Waals surface area (Å²) < 4.78 is 52.6. The number of benzene rings is 2. The number of aromatic nitrogens is 5. The lowest BCUT2D eigenvalue weighted by molar-refractivity contribution is -0.141. The van der Waals surface area contributed by atoms with Crippen molar-refractivity contribution in [3.8, 4) is 29.6 Å². The Balaban J connectivity index is 1.02. The number of nitrogens with zero attached hydrogens (tertiary/aromatic N) is 8. The smallest absolute Gasteiger partial charge is 0.319 e. The maximum absolute atomic E-state index is 16.9. The van der Waals surface area contributed by atoms with E-state index >= 15 is 4.39 Å². The number of terminal acetylenes is 1. The third-order valence-electron chi connectivity index (χ3n) is 11.7. The molecule has 0 radical (unpaired) electrons. The molecule has 4 saturated heterocycles. The summed E-state index contributed by atoms with van der Waals surface area (Å²) in [7, 11) is 0. The Bertz CT molecular complexity index is 2350. The number of fused-ring (bicyclic) bond motifs is 3. The zero-order chi connectivity index (χ0) is 37.0. The first-order chi connectivity index (χ1) is 26.2. The topological polar surface area (TPSA) is 100 Å². The van der Waals surface area contributed by atoms with E-state index in [-0.39, 0.29) is 35.1 Å². The summed E-state index contributed by atoms with van der Waals surface area (Å²) >= 11 is 0. The highest BCUT2D eigenvalue weighted by molar-refractivity contribution is 6.02. The van der Waals surface area contributed by atoms with Crippen LogP contribution in [-0.4, -0.2) is 98.2 Å². The van der Waals surface area contributed by atoms with Gasteiger partial charge in [-0.3, -0.25) is 14.7 Å². The highest BCUT2D eigenvalue weighted by Crippen LogP contribution is 2.44. The molecule has 7 heterocycles. The van der Waals surface area contributed by atoms with Gasteiger partial charge in [0, 0.05) is 85.7 Å². The van der Waals surface area contributed by atoms with E-state index in [0.29, 0.717) is 74.3 Å². The van der Waals surface area contributed by atoms with Gasteiger partial charge in [0.15, 0.2) is 17.5 Å². The third kappa shape index (κ3) is 5.89. The number of ether oxygens (including phenoxy) is 1. The van der Waals surface area contributed by atoms with Crippen LogP contribution < -0.4 is 9.64 Å². The van der Waals surface area contributed by atoms with Crippen LogP contribution in [0.1, 0.15) is 43.5 Å². The maximum atomic E-state index is 16.9. The number of hydrogen-bond donors (Lipinski definition) is 0. The van der Waals surface area contributed by atoms with Crippen LogP contribution in [0, 0.1) is 23.6 Å². The number of rotatable bonds is 7. The quantitative estimate of drug-likeness (QED) is 0.144. The molecule has 5 aromatic rings. The molecule has 4 aliphatic rings. The molecular formula is C41H37F3N8O2. The minimum atomic E-state index is -0.926. The van der Waals surface area contributed by atoms with Gasteiger partial charge in [0.05, 0.1) is 10.9 Å². The molecule has 9 rings (SSSR count). The fraction of sp³-hybridized carbons (Fsp3) is 0.366. The zero-order valence-electron chi connectivity index (χ0n) is 29.5. The monoisotopic (exact) mass is 730 g/mol. The van der Waals surface area contributed by atoms with E-state index in [2.05, 4.69) is 35.7 Å². The Morgan fingerprint density at radius 3 is 2.57 bits per heavy atom. The summed E-state index contributed by atoms with van der Waals surface area (Å²) in [6.45, 7) is 3.35. The Kier molecular flexibility index (Phi) is 8.45. The van der Waals surface area contributed by atoms with Crippen LogP contribution >= 0.6 is 0 Å². The second-order valence-corrected chi connectivity index (χ2v) is 15.0. The second kappa shape index (κ2) is 13.4. The van der Waals surface area contributed by atoms with Crippen LogP contribution in [0.25, 0.3) is 39.0 Å². The summed E-state index contributed by atoms with van der Waals surface area (Å²) in [5, 5.41) is 2.02. The Morgan fingerprint density at radius 2 is 1.80 bits per heavy atom. The molecule has 0 aliphatic carbocycles. The number of halogens is 3. The first-order valence-electron chi connectivity index (χ1n) is 18.3. The van der Waals surface area contributed by atoms with E-state index in [4.69, 9.17) is 16.1 Å². The predicted octanol–water partition coefficient (Wildman–Crippen LogP) is 6.15. The molecule has 274 valence electrons. The van der Waals surface area contributed by atoms with Crippen LogP contribution in [0.4, 0.5) is 19.0 Å². The lowest BCUT2D eigenvalue weighted by atomic mass is 9.72. The van der Waals surface area contributed by atoms with Crippen molar-refractivity contribution < 1.29 is 22.7 Å². The van der Waals surface area contributed by atoms with Crippen LogP contribution in [0.15, 0.2) is 66.9 Å². The van der Waals surface area contributed by atoms with Gasteiger partial charge in [-0.1, -0.05) is 36.3 Å². The molecule has 13 heteroatoms. The van der Waals surface area contributed by atoms with Crippen molar-refractivity contribution in [3.63, 3.8) is 0 Å². The Labute approximate surface area is 310 Å². The predicted molar refractivity (Wildman–Crippen MR) is 198 cm³/mol. The molecule has 0 unspecified atom stereocenters. The van der Waals surface area contributed by atoms with Crippen molar-refractivity contribution >= 4 is 39.5 Å². The lowest BCUT2D eigenvalue weighted by Gasteiger charge is -2.54.